The number of carbonyl (C=O) groups is 1. The summed E-state index contributed by atoms with van der Waals surface area (Å²) in [5.41, 5.74) is 1.87. The Morgan fingerprint density at radius 1 is 1.29 bits per heavy atom. The molecule has 0 fully saturated rings. The van der Waals surface area contributed by atoms with Gasteiger partial charge in [0.1, 0.15) is 6.33 Å². The minimum absolute atomic E-state index is 0.0439. The summed E-state index contributed by atoms with van der Waals surface area (Å²) in [5, 5.41) is 7.79. The molecule has 0 spiro atoms. The first-order valence-electron chi connectivity index (χ1n) is 6.80. The van der Waals surface area contributed by atoms with E-state index in [-0.39, 0.29) is 12.3 Å². The number of hydrogen-bond donors (Lipinski definition) is 0. The van der Waals surface area contributed by atoms with E-state index in [1.54, 1.807) is 0 Å². The second kappa shape index (κ2) is 6.76. The van der Waals surface area contributed by atoms with Crippen LogP contribution in [0.5, 0.6) is 0 Å². The van der Waals surface area contributed by atoms with Gasteiger partial charge in [-0.1, -0.05) is 38.1 Å². The van der Waals surface area contributed by atoms with Gasteiger partial charge in [-0.05, 0) is 17.9 Å². The molecule has 0 aliphatic rings. The van der Waals surface area contributed by atoms with Crippen LogP contribution in [0.15, 0.2) is 35.7 Å². The number of rotatable bonds is 6. The summed E-state index contributed by atoms with van der Waals surface area (Å²) in [4.78, 5) is 12.2. The number of carbonyl (C=O) groups excluding carboxylic acids is 1. The lowest BCUT2D eigenvalue weighted by atomic mass is 10.0. The van der Waals surface area contributed by atoms with E-state index in [1.165, 1.54) is 22.7 Å². The highest BCUT2D eigenvalue weighted by molar-refractivity contribution is 7.84. The first-order valence-corrected chi connectivity index (χ1v) is 8.36. The molecule has 0 saturated carbocycles. The van der Waals surface area contributed by atoms with Crippen molar-refractivity contribution < 1.29 is 9.00 Å². The van der Waals surface area contributed by atoms with E-state index < -0.39 is 10.8 Å². The summed E-state index contributed by atoms with van der Waals surface area (Å²) in [6.45, 7) is 4.43. The maximum absolute atomic E-state index is 12.2. The van der Waals surface area contributed by atoms with Crippen molar-refractivity contribution >= 4 is 16.6 Å². The van der Waals surface area contributed by atoms with Crippen molar-refractivity contribution in [1.82, 2.24) is 14.8 Å². The topological polar surface area (TPSA) is 64.8 Å². The Morgan fingerprint density at radius 2 is 1.95 bits per heavy atom. The van der Waals surface area contributed by atoms with Crippen LogP contribution < -0.4 is 0 Å². The van der Waals surface area contributed by atoms with Gasteiger partial charge in [-0.3, -0.25) is 13.6 Å². The van der Waals surface area contributed by atoms with Crippen LogP contribution in [0.1, 0.15) is 29.8 Å². The molecule has 2 rings (SSSR count). The van der Waals surface area contributed by atoms with Gasteiger partial charge in [-0.25, -0.2) is 0 Å². The smallest absolute Gasteiger partial charge is 0.221 e. The monoisotopic (exact) mass is 305 g/mol. The Balaban J connectivity index is 2.10. The van der Waals surface area contributed by atoms with Gasteiger partial charge in [0.15, 0.2) is 5.78 Å². The summed E-state index contributed by atoms with van der Waals surface area (Å²) in [6, 6.07) is 7.65. The number of nitrogens with zero attached hydrogens (tertiary/aromatic N) is 3. The highest BCUT2D eigenvalue weighted by atomic mass is 32.2. The Hall–Kier alpha value is -1.82. The van der Waals surface area contributed by atoms with Crippen LogP contribution in [0.25, 0.3) is 0 Å². The fourth-order valence-corrected chi connectivity index (χ4v) is 2.72. The summed E-state index contributed by atoms with van der Waals surface area (Å²) < 4.78 is 13.0. The number of Topliss-reactive ketones (excluding diaryl/α,β-unsaturated/α-hetero) is 1. The Bertz CT molecular complexity index is 647. The molecule has 0 amide bonds. The lowest BCUT2D eigenvalue weighted by molar-refractivity contribution is 0.0969. The van der Waals surface area contributed by atoms with Gasteiger partial charge in [0.25, 0.3) is 0 Å². The molecule has 1 atom stereocenters. The second-order valence-corrected chi connectivity index (χ2v) is 6.69. The van der Waals surface area contributed by atoms with E-state index in [2.05, 4.69) is 24.0 Å². The van der Waals surface area contributed by atoms with Gasteiger partial charge in [0.05, 0.1) is 17.3 Å². The Labute approximate surface area is 126 Å². The standard InChI is InChI=1S/C15H19N3O2S/c1-11(2)8-12-4-6-13(7-5-12)14(19)9-18-10-16-17-15(18)21(3)20/h4-7,10-11H,8-9H2,1-3H3/t21-/m0/s1. The van der Waals surface area contributed by atoms with Crippen molar-refractivity contribution in [2.45, 2.75) is 32.0 Å². The van der Waals surface area contributed by atoms with Crippen molar-refractivity contribution in [1.29, 1.82) is 0 Å². The molecule has 0 aliphatic heterocycles. The van der Waals surface area contributed by atoms with Crippen molar-refractivity contribution in [2.75, 3.05) is 6.26 Å². The van der Waals surface area contributed by atoms with E-state index in [0.717, 1.165) is 6.42 Å². The molecule has 0 saturated heterocycles. The maximum atomic E-state index is 12.2. The van der Waals surface area contributed by atoms with E-state index in [1.807, 2.05) is 24.3 Å². The molecule has 2 aromatic rings. The zero-order valence-electron chi connectivity index (χ0n) is 12.4. The minimum atomic E-state index is -1.26. The molecule has 21 heavy (non-hydrogen) atoms. The first-order chi connectivity index (χ1) is 9.97. The van der Waals surface area contributed by atoms with Gasteiger partial charge in [0, 0.05) is 11.8 Å². The molecule has 112 valence electrons. The SMILES string of the molecule is CC(C)Cc1ccc(C(=O)Cn2cnnc2[S@](C)=O)cc1. The molecule has 0 unspecified atom stereocenters. The highest BCUT2D eigenvalue weighted by Gasteiger charge is 2.13. The maximum Gasteiger partial charge on any atom is 0.221 e. The van der Waals surface area contributed by atoms with E-state index >= 15 is 0 Å². The molecule has 0 radical (unpaired) electrons. The van der Waals surface area contributed by atoms with Crippen molar-refractivity contribution in [3.63, 3.8) is 0 Å². The zero-order chi connectivity index (χ0) is 15.4. The quantitative estimate of drug-likeness (QED) is 0.767. The lowest BCUT2D eigenvalue weighted by Crippen LogP contribution is -2.13. The van der Waals surface area contributed by atoms with Crippen molar-refractivity contribution in [3.05, 3.63) is 41.7 Å². The van der Waals surface area contributed by atoms with Gasteiger partial charge in [-0.15, -0.1) is 10.2 Å². The third kappa shape index (κ3) is 4.07. The van der Waals surface area contributed by atoms with E-state index in [4.69, 9.17) is 0 Å². The molecular formula is C15H19N3O2S. The van der Waals surface area contributed by atoms with Crippen LogP contribution >= 0.6 is 0 Å². The Kier molecular flexibility index (Phi) is 5.01. The van der Waals surface area contributed by atoms with Crippen LogP contribution in [-0.4, -0.2) is 31.0 Å². The number of hydrogen-bond acceptors (Lipinski definition) is 4. The number of ketones is 1. The summed E-state index contributed by atoms with van der Waals surface area (Å²) in [5.74, 6) is 0.545. The van der Waals surface area contributed by atoms with Gasteiger partial charge in [-0.2, -0.15) is 0 Å². The number of aromatic nitrogens is 3. The first kappa shape index (κ1) is 15.6. The van der Waals surface area contributed by atoms with Crippen molar-refractivity contribution in [3.8, 4) is 0 Å². The fraction of sp³-hybridized carbons (Fsp3) is 0.400. The molecule has 6 heteroatoms. The average Bonchev–Trinajstić information content (AvgIpc) is 2.87. The third-order valence-electron chi connectivity index (χ3n) is 3.07. The lowest BCUT2D eigenvalue weighted by Gasteiger charge is -2.07. The molecule has 0 bridgehead atoms. The number of benzene rings is 1. The summed E-state index contributed by atoms with van der Waals surface area (Å²) >= 11 is 0. The summed E-state index contributed by atoms with van der Waals surface area (Å²) in [6.07, 6.45) is 3.95. The molecule has 0 N–H and O–H groups in total. The van der Waals surface area contributed by atoms with Gasteiger partial charge < -0.3 is 0 Å². The van der Waals surface area contributed by atoms with Crippen molar-refractivity contribution in [2.24, 2.45) is 5.92 Å². The normalized spacial score (nSPS) is 12.6. The van der Waals surface area contributed by atoms with Crippen LogP contribution in [0.2, 0.25) is 0 Å². The summed E-state index contributed by atoms with van der Waals surface area (Å²) in [7, 11) is -1.26. The van der Waals surface area contributed by atoms with Crippen LogP contribution in [0.4, 0.5) is 0 Å². The Morgan fingerprint density at radius 3 is 2.52 bits per heavy atom. The molecular weight excluding hydrogens is 286 g/mol. The zero-order valence-corrected chi connectivity index (χ0v) is 13.3. The molecule has 1 heterocycles. The van der Waals surface area contributed by atoms with Gasteiger partial charge >= 0.3 is 0 Å². The third-order valence-corrected chi connectivity index (χ3v) is 3.90. The largest absolute Gasteiger partial charge is 0.299 e. The fourth-order valence-electron chi connectivity index (χ4n) is 2.12. The van der Waals surface area contributed by atoms with E-state index in [0.29, 0.717) is 16.6 Å². The molecule has 0 aliphatic carbocycles. The predicted molar refractivity (Wildman–Crippen MR) is 81.7 cm³/mol. The molecule has 5 nitrogen and oxygen atoms in total. The minimum Gasteiger partial charge on any atom is -0.299 e. The van der Waals surface area contributed by atoms with E-state index in [9.17, 15) is 9.00 Å². The van der Waals surface area contributed by atoms with Crippen LogP contribution in [0.3, 0.4) is 0 Å². The predicted octanol–water partition coefficient (Wildman–Crippen LogP) is 2.10. The second-order valence-electron chi connectivity index (χ2n) is 5.41. The highest BCUT2D eigenvalue weighted by Crippen LogP contribution is 2.11. The van der Waals surface area contributed by atoms with Crippen LogP contribution in [0, 0.1) is 5.92 Å². The van der Waals surface area contributed by atoms with Gasteiger partial charge in [0.2, 0.25) is 5.16 Å². The molecule has 1 aromatic carbocycles. The molecule has 1 aromatic heterocycles. The van der Waals surface area contributed by atoms with Crippen LogP contribution in [-0.2, 0) is 23.8 Å². The average molecular weight is 305 g/mol.